The van der Waals surface area contributed by atoms with Crippen molar-refractivity contribution < 1.29 is 9.59 Å². The largest absolute Gasteiger partial charge is 0.366 e. The van der Waals surface area contributed by atoms with Crippen molar-refractivity contribution in [3.05, 3.63) is 29.8 Å². The number of aliphatic imine (C=N–C) groups is 1. The molecule has 98 valence electrons. The van der Waals surface area contributed by atoms with E-state index >= 15 is 0 Å². The van der Waals surface area contributed by atoms with Gasteiger partial charge in [0.2, 0.25) is 0 Å². The average Bonchev–Trinajstić information content (AvgIpc) is 2.45. The van der Waals surface area contributed by atoms with Gasteiger partial charge in [0.1, 0.15) is 13.0 Å². The number of nitriles is 1. The molecule has 0 fully saturated rings. The van der Waals surface area contributed by atoms with Crippen LogP contribution in [0.4, 0.5) is 5.69 Å². The van der Waals surface area contributed by atoms with E-state index in [1.54, 1.807) is 30.5 Å². The van der Waals surface area contributed by atoms with Crippen LogP contribution < -0.4 is 16.0 Å². The van der Waals surface area contributed by atoms with Crippen LogP contribution in [0.15, 0.2) is 29.3 Å². The summed E-state index contributed by atoms with van der Waals surface area (Å²) in [5.74, 6) is -0.314. The van der Waals surface area contributed by atoms with E-state index in [-0.39, 0.29) is 19.1 Å². The first-order valence-electron chi connectivity index (χ1n) is 5.46. The number of carbonyl (C=O) groups is 2. The molecule has 0 spiro atoms. The fraction of sp³-hybridized carbons (Fsp3) is 0.167. The first kappa shape index (κ1) is 14.2. The molecule has 0 radical (unpaired) electrons. The van der Waals surface area contributed by atoms with E-state index in [1.165, 1.54) is 6.34 Å². The molecule has 0 aliphatic carbocycles. The molecule has 1 rings (SSSR count). The summed E-state index contributed by atoms with van der Waals surface area (Å²) in [6.07, 6.45) is 3.59. The van der Waals surface area contributed by atoms with Gasteiger partial charge in [-0.3, -0.25) is 15.1 Å². The van der Waals surface area contributed by atoms with Crippen molar-refractivity contribution in [2.24, 2.45) is 4.99 Å². The Bertz CT molecular complexity index is 507. The summed E-state index contributed by atoms with van der Waals surface area (Å²) in [5, 5.41) is 15.9. The summed E-state index contributed by atoms with van der Waals surface area (Å²) in [5.41, 5.74) is 1.17. The summed E-state index contributed by atoms with van der Waals surface area (Å²) in [6.45, 7) is 0.259. The number of nitrogens with one attached hydrogen (secondary N) is 3. The normalized spacial score (nSPS) is 9.63. The van der Waals surface area contributed by atoms with Crippen molar-refractivity contribution in [3.8, 4) is 6.19 Å². The molecular formula is C12H13N5O2. The molecule has 0 heterocycles. The highest BCUT2D eigenvalue weighted by molar-refractivity contribution is 5.95. The summed E-state index contributed by atoms with van der Waals surface area (Å²) < 4.78 is 0. The van der Waals surface area contributed by atoms with Crippen LogP contribution in [0.2, 0.25) is 0 Å². The van der Waals surface area contributed by atoms with E-state index in [0.29, 0.717) is 17.5 Å². The fourth-order valence-corrected chi connectivity index (χ4v) is 1.26. The lowest BCUT2D eigenvalue weighted by molar-refractivity contribution is -0.107. The van der Waals surface area contributed by atoms with Gasteiger partial charge >= 0.3 is 0 Å². The van der Waals surface area contributed by atoms with Gasteiger partial charge in [0.05, 0.1) is 12.9 Å². The number of amides is 1. The van der Waals surface area contributed by atoms with Crippen molar-refractivity contribution in [1.82, 2.24) is 10.6 Å². The topological polar surface area (TPSA) is 106 Å². The first-order valence-corrected chi connectivity index (χ1v) is 5.46. The zero-order valence-corrected chi connectivity index (χ0v) is 10.1. The van der Waals surface area contributed by atoms with Crippen LogP contribution in [-0.2, 0) is 4.79 Å². The van der Waals surface area contributed by atoms with Crippen LogP contribution in [0.1, 0.15) is 10.4 Å². The molecular weight excluding hydrogens is 246 g/mol. The van der Waals surface area contributed by atoms with Gasteiger partial charge < -0.3 is 15.4 Å². The molecule has 0 atom stereocenters. The highest BCUT2D eigenvalue weighted by atomic mass is 16.2. The molecule has 0 aliphatic rings. The fourth-order valence-electron chi connectivity index (χ4n) is 1.26. The van der Waals surface area contributed by atoms with E-state index in [9.17, 15) is 9.59 Å². The smallest absolute Gasteiger partial charge is 0.251 e. The molecule has 1 aromatic carbocycles. The van der Waals surface area contributed by atoms with Crippen molar-refractivity contribution in [2.45, 2.75) is 0 Å². The third-order valence-electron chi connectivity index (χ3n) is 2.07. The molecule has 0 bridgehead atoms. The lowest BCUT2D eigenvalue weighted by atomic mass is 10.2. The van der Waals surface area contributed by atoms with Crippen LogP contribution in [0.5, 0.6) is 0 Å². The Morgan fingerprint density at radius 1 is 1.47 bits per heavy atom. The molecule has 0 aromatic heterocycles. The van der Waals surface area contributed by atoms with Gasteiger partial charge in [-0.15, -0.1) is 0 Å². The molecule has 0 unspecified atom stereocenters. The van der Waals surface area contributed by atoms with Gasteiger partial charge in [0.15, 0.2) is 6.19 Å². The van der Waals surface area contributed by atoms with Gasteiger partial charge in [0, 0.05) is 11.3 Å². The lowest BCUT2D eigenvalue weighted by Crippen LogP contribution is -2.25. The monoisotopic (exact) mass is 259 g/mol. The van der Waals surface area contributed by atoms with E-state index in [0.717, 1.165) is 0 Å². The minimum Gasteiger partial charge on any atom is -0.366 e. The second-order valence-electron chi connectivity index (χ2n) is 3.36. The molecule has 7 nitrogen and oxygen atoms in total. The minimum atomic E-state index is -0.314. The first-order chi connectivity index (χ1) is 9.27. The van der Waals surface area contributed by atoms with E-state index in [1.807, 2.05) is 0 Å². The van der Waals surface area contributed by atoms with Gasteiger partial charge in [-0.05, 0) is 18.2 Å². The van der Waals surface area contributed by atoms with Crippen LogP contribution in [-0.4, -0.2) is 31.7 Å². The maximum atomic E-state index is 11.6. The maximum Gasteiger partial charge on any atom is 0.251 e. The van der Waals surface area contributed by atoms with Crippen molar-refractivity contribution in [3.63, 3.8) is 0 Å². The minimum absolute atomic E-state index is 0.0133. The molecule has 0 aliphatic heterocycles. The highest BCUT2D eigenvalue weighted by Gasteiger charge is 2.04. The molecule has 7 heteroatoms. The number of nitrogens with zero attached hydrogens (tertiary/aromatic N) is 2. The molecule has 1 aromatic rings. The summed E-state index contributed by atoms with van der Waals surface area (Å²) in [7, 11) is 0. The van der Waals surface area contributed by atoms with Crippen molar-refractivity contribution >= 4 is 24.2 Å². The third kappa shape index (κ3) is 5.32. The lowest BCUT2D eigenvalue weighted by Gasteiger charge is -2.06. The SMILES string of the molecule is N#CNC=NCNc1cccc(C(=O)NCC=O)c1. The summed E-state index contributed by atoms with van der Waals surface area (Å²) >= 11 is 0. The number of aldehydes is 1. The molecule has 3 N–H and O–H groups in total. The number of benzene rings is 1. The van der Waals surface area contributed by atoms with Gasteiger partial charge in [-0.25, -0.2) is 0 Å². The Hall–Kier alpha value is -2.88. The summed E-state index contributed by atoms with van der Waals surface area (Å²) in [4.78, 5) is 25.6. The standard InChI is InChI=1S/C12H13N5O2/c13-7-14-8-15-9-17-11-3-1-2-10(6-11)12(19)16-4-5-18/h1-3,5-6,8,17H,4,9H2,(H,14,15)(H,16,19). The zero-order chi connectivity index (χ0) is 13.9. The van der Waals surface area contributed by atoms with Crippen LogP contribution in [0, 0.1) is 11.5 Å². The number of rotatable bonds is 7. The Morgan fingerprint density at radius 3 is 3.05 bits per heavy atom. The Balaban J connectivity index is 2.54. The van der Waals surface area contributed by atoms with Gasteiger partial charge in [-0.1, -0.05) is 6.07 Å². The Kier molecular flexibility index (Phi) is 6.16. The quantitative estimate of drug-likeness (QED) is 0.211. The van der Waals surface area contributed by atoms with Crippen molar-refractivity contribution in [1.29, 1.82) is 5.26 Å². The predicted molar refractivity (Wildman–Crippen MR) is 70.6 cm³/mol. The van der Waals surface area contributed by atoms with Crippen LogP contribution in [0.3, 0.4) is 0 Å². The third-order valence-corrected chi connectivity index (χ3v) is 2.07. The predicted octanol–water partition coefficient (Wildman–Crippen LogP) is 0.0837. The van der Waals surface area contributed by atoms with Crippen LogP contribution in [0.25, 0.3) is 0 Å². The van der Waals surface area contributed by atoms with Gasteiger partial charge in [0.25, 0.3) is 5.91 Å². The maximum absolute atomic E-state index is 11.6. The Morgan fingerprint density at radius 2 is 2.32 bits per heavy atom. The Labute approximate surface area is 110 Å². The van der Waals surface area contributed by atoms with E-state index < -0.39 is 0 Å². The van der Waals surface area contributed by atoms with Gasteiger partial charge in [-0.2, -0.15) is 5.26 Å². The zero-order valence-electron chi connectivity index (χ0n) is 10.1. The molecule has 0 saturated heterocycles. The van der Waals surface area contributed by atoms with E-state index in [4.69, 9.17) is 5.26 Å². The number of hydrogen-bond donors (Lipinski definition) is 3. The average molecular weight is 259 g/mol. The van der Waals surface area contributed by atoms with Crippen molar-refractivity contribution in [2.75, 3.05) is 18.5 Å². The summed E-state index contributed by atoms with van der Waals surface area (Å²) in [6, 6.07) is 6.79. The van der Waals surface area contributed by atoms with Crippen LogP contribution >= 0.6 is 0 Å². The highest BCUT2D eigenvalue weighted by Crippen LogP contribution is 2.10. The molecule has 0 saturated carbocycles. The molecule has 19 heavy (non-hydrogen) atoms. The second-order valence-corrected chi connectivity index (χ2v) is 3.36. The molecule has 1 amide bonds. The second kappa shape index (κ2) is 8.25. The number of anilines is 1. The van der Waals surface area contributed by atoms with E-state index in [2.05, 4.69) is 20.9 Å². The number of carbonyl (C=O) groups excluding carboxylic acids is 2. The number of hydrogen-bond acceptors (Lipinski definition) is 5.